The largest absolute Gasteiger partial charge is 0.490 e. The second-order valence-corrected chi connectivity index (χ2v) is 9.11. The molecule has 0 spiro atoms. The van der Waals surface area contributed by atoms with Crippen molar-refractivity contribution < 1.29 is 9.47 Å². The zero-order valence-corrected chi connectivity index (χ0v) is 22.4. The van der Waals surface area contributed by atoms with E-state index in [1.807, 2.05) is 73.7 Å². The molecule has 4 aromatic rings. The summed E-state index contributed by atoms with van der Waals surface area (Å²) in [5.41, 5.74) is 2.94. The van der Waals surface area contributed by atoms with Crippen LogP contribution in [0.5, 0.6) is 11.5 Å². The van der Waals surface area contributed by atoms with E-state index in [2.05, 4.69) is 26.9 Å². The van der Waals surface area contributed by atoms with Crippen molar-refractivity contribution in [3.8, 4) is 17.2 Å². The average molecular weight is 547 g/mol. The van der Waals surface area contributed by atoms with Crippen LogP contribution >= 0.6 is 35.8 Å². The molecule has 0 unspecified atom stereocenters. The van der Waals surface area contributed by atoms with E-state index >= 15 is 0 Å². The van der Waals surface area contributed by atoms with Gasteiger partial charge in [0.1, 0.15) is 6.61 Å². The van der Waals surface area contributed by atoms with Gasteiger partial charge in [0.2, 0.25) is 5.16 Å². The smallest absolute Gasteiger partial charge is 0.214 e. The third-order valence-corrected chi connectivity index (χ3v) is 6.55. The molecule has 0 radical (unpaired) electrons. The first-order valence-electron chi connectivity index (χ1n) is 11.5. The van der Waals surface area contributed by atoms with E-state index in [1.165, 1.54) is 0 Å². The lowest BCUT2D eigenvalue weighted by molar-refractivity contribution is 0.266. The molecule has 0 aliphatic carbocycles. The van der Waals surface area contributed by atoms with Crippen molar-refractivity contribution in [1.29, 1.82) is 0 Å². The number of nitrogens with zero attached hydrogens (tertiary/aromatic N) is 4. The summed E-state index contributed by atoms with van der Waals surface area (Å²) in [5.74, 6) is 2.38. The van der Waals surface area contributed by atoms with E-state index in [4.69, 9.17) is 21.1 Å². The van der Waals surface area contributed by atoms with Gasteiger partial charge in [0.25, 0.3) is 0 Å². The summed E-state index contributed by atoms with van der Waals surface area (Å²) in [6.45, 7) is 4.44. The molecule has 36 heavy (non-hydrogen) atoms. The Morgan fingerprint density at radius 2 is 1.72 bits per heavy atom. The van der Waals surface area contributed by atoms with Crippen LogP contribution in [-0.4, -0.2) is 39.1 Å². The summed E-state index contributed by atoms with van der Waals surface area (Å²) >= 11 is 7.95. The lowest BCUT2D eigenvalue weighted by Gasteiger charge is -2.17. The van der Waals surface area contributed by atoms with E-state index < -0.39 is 0 Å². The number of halogens is 2. The summed E-state index contributed by atoms with van der Waals surface area (Å²) in [5, 5.41) is 17.1. The van der Waals surface area contributed by atoms with Gasteiger partial charge in [-0.2, -0.15) is 4.68 Å². The highest BCUT2D eigenvalue weighted by Gasteiger charge is 2.13. The Morgan fingerprint density at radius 1 is 0.944 bits per heavy atom. The Labute approximate surface area is 226 Å². The molecular weight excluding hydrogens is 517 g/mol. The fourth-order valence-electron chi connectivity index (χ4n) is 3.48. The molecule has 7 nitrogen and oxygen atoms in total. The normalized spacial score (nSPS) is 10.6. The van der Waals surface area contributed by atoms with Gasteiger partial charge in [-0.25, -0.2) is 0 Å². The molecule has 1 aromatic heterocycles. The van der Waals surface area contributed by atoms with Crippen molar-refractivity contribution in [3.63, 3.8) is 0 Å². The number of thioether (sulfide) groups is 1. The van der Waals surface area contributed by atoms with Gasteiger partial charge in [-0.05, 0) is 54.6 Å². The monoisotopic (exact) mass is 545 g/mol. The molecule has 0 atom stereocenters. The van der Waals surface area contributed by atoms with Crippen LogP contribution in [0.1, 0.15) is 24.5 Å². The van der Waals surface area contributed by atoms with E-state index in [1.54, 1.807) is 16.4 Å². The number of rotatable bonds is 13. The van der Waals surface area contributed by atoms with Crippen molar-refractivity contribution in [1.82, 2.24) is 25.5 Å². The first kappa shape index (κ1) is 27.8. The molecule has 0 fully saturated rings. The molecule has 3 aromatic carbocycles. The second-order valence-electron chi connectivity index (χ2n) is 7.65. The van der Waals surface area contributed by atoms with Crippen LogP contribution in [0.2, 0.25) is 5.02 Å². The first-order valence-corrected chi connectivity index (χ1v) is 12.9. The predicted molar refractivity (Wildman–Crippen MR) is 147 cm³/mol. The predicted octanol–water partition coefficient (Wildman–Crippen LogP) is 5.99. The van der Waals surface area contributed by atoms with E-state index in [-0.39, 0.29) is 12.4 Å². The molecule has 0 aliphatic rings. The Kier molecular flexibility index (Phi) is 11.4. The van der Waals surface area contributed by atoms with Gasteiger partial charge < -0.3 is 14.8 Å². The minimum atomic E-state index is 0. The maximum atomic E-state index is 6.31. The standard InChI is InChI=1S/C26H28ClN5O2S.ClH/c1-2-33-24-15-8-11-20(25(24)34-19-21-10-6-7-14-23(21)27)18-28-16-9-17-35-26-29-30-31-32(26)22-12-4-3-5-13-22;/h3-8,10-15,28H,2,9,16-19H2,1H3;1H. The highest BCUT2D eigenvalue weighted by molar-refractivity contribution is 7.99. The third-order valence-electron chi connectivity index (χ3n) is 5.18. The minimum absolute atomic E-state index is 0. The second kappa shape index (κ2) is 14.7. The highest BCUT2D eigenvalue weighted by atomic mass is 35.5. The van der Waals surface area contributed by atoms with Gasteiger partial charge in [-0.15, -0.1) is 17.5 Å². The third kappa shape index (κ3) is 7.61. The molecule has 10 heteroatoms. The van der Waals surface area contributed by atoms with Gasteiger partial charge in [0.05, 0.1) is 12.3 Å². The summed E-state index contributed by atoms with van der Waals surface area (Å²) < 4.78 is 13.8. The molecule has 0 saturated heterocycles. The maximum Gasteiger partial charge on any atom is 0.214 e. The van der Waals surface area contributed by atoms with Crippen molar-refractivity contribution in [2.75, 3.05) is 18.9 Å². The quantitative estimate of drug-likeness (QED) is 0.163. The van der Waals surface area contributed by atoms with Crippen LogP contribution in [0.3, 0.4) is 0 Å². The maximum absolute atomic E-state index is 6.31. The van der Waals surface area contributed by atoms with Crippen LogP contribution < -0.4 is 14.8 Å². The fraction of sp³-hybridized carbons (Fsp3) is 0.269. The molecule has 190 valence electrons. The van der Waals surface area contributed by atoms with E-state index in [0.717, 1.165) is 52.2 Å². The van der Waals surface area contributed by atoms with Crippen molar-refractivity contribution in [2.45, 2.75) is 31.7 Å². The number of hydrogen-bond donors (Lipinski definition) is 1. The number of para-hydroxylation sites is 2. The molecule has 0 saturated carbocycles. The molecule has 1 heterocycles. The van der Waals surface area contributed by atoms with Crippen LogP contribution in [0.25, 0.3) is 5.69 Å². The zero-order chi connectivity index (χ0) is 24.3. The minimum Gasteiger partial charge on any atom is -0.490 e. The average Bonchev–Trinajstić information content (AvgIpc) is 3.36. The van der Waals surface area contributed by atoms with Gasteiger partial charge in [0, 0.05) is 28.4 Å². The summed E-state index contributed by atoms with van der Waals surface area (Å²) in [7, 11) is 0. The number of tetrazole rings is 1. The fourth-order valence-corrected chi connectivity index (χ4v) is 4.50. The topological polar surface area (TPSA) is 74.1 Å². The summed E-state index contributed by atoms with van der Waals surface area (Å²) in [4.78, 5) is 0. The first-order chi connectivity index (χ1) is 17.3. The Hall–Kier alpha value is -2.78. The summed E-state index contributed by atoms with van der Waals surface area (Å²) in [6, 6.07) is 23.6. The Bertz CT molecular complexity index is 1210. The SMILES string of the molecule is CCOc1cccc(CNCCCSc2nnnn2-c2ccccc2)c1OCc1ccccc1Cl.Cl. The van der Waals surface area contributed by atoms with Crippen LogP contribution in [-0.2, 0) is 13.2 Å². The number of aromatic nitrogens is 4. The van der Waals surface area contributed by atoms with E-state index in [0.29, 0.717) is 24.8 Å². The van der Waals surface area contributed by atoms with Gasteiger partial charge in [-0.1, -0.05) is 71.9 Å². The van der Waals surface area contributed by atoms with E-state index in [9.17, 15) is 0 Å². The number of hydrogen-bond acceptors (Lipinski definition) is 7. The molecule has 0 bridgehead atoms. The molecular formula is C26H29Cl2N5O2S. The van der Waals surface area contributed by atoms with Gasteiger partial charge >= 0.3 is 0 Å². The lowest BCUT2D eigenvalue weighted by Crippen LogP contribution is -2.16. The Balaban J connectivity index is 0.00000361. The number of nitrogens with one attached hydrogen (secondary N) is 1. The highest BCUT2D eigenvalue weighted by Crippen LogP contribution is 2.33. The molecule has 0 amide bonds. The molecule has 4 rings (SSSR count). The zero-order valence-electron chi connectivity index (χ0n) is 20.0. The molecule has 0 aliphatic heterocycles. The van der Waals surface area contributed by atoms with Gasteiger partial charge in [-0.3, -0.25) is 0 Å². The number of benzene rings is 3. The van der Waals surface area contributed by atoms with Crippen LogP contribution in [0, 0.1) is 0 Å². The number of ether oxygens (including phenoxy) is 2. The van der Waals surface area contributed by atoms with Crippen molar-refractivity contribution in [2.24, 2.45) is 0 Å². The van der Waals surface area contributed by atoms with Crippen LogP contribution in [0.4, 0.5) is 0 Å². The summed E-state index contributed by atoms with van der Waals surface area (Å²) in [6.07, 6.45) is 0.966. The van der Waals surface area contributed by atoms with Crippen molar-refractivity contribution in [3.05, 3.63) is 88.9 Å². The lowest BCUT2D eigenvalue weighted by atomic mass is 10.1. The van der Waals surface area contributed by atoms with Crippen molar-refractivity contribution >= 4 is 35.8 Å². The van der Waals surface area contributed by atoms with Gasteiger partial charge in [0.15, 0.2) is 11.5 Å². The Morgan fingerprint density at radius 3 is 2.53 bits per heavy atom. The van der Waals surface area contributed by atoms with Crippen LogP contribution in [0.15, 0.2) is 78.0 Å². The molecule has 1 N–H and O–H groups in total.